The van der Waals surface area contributed by atoms with Gasteiger partial charge >= 0.3 is 12.2 Å². The Morgan fingerprint density at radius 1 is 0.607 bits per heavy atom. The van der Waals surface area contributed by atoms with Crippen LogP contribution in [0, 0.1) is 0 Å². The van der Waals surface area contributed by atoms with Gasteiger partial charge in [-0.25, -0.2) is 18.6 Å². The highest BCUT2D eigenvalue weighted by atomic mass is 16.6. The highest BCUT2D eigenvalue weighted by molar-refractivity contribution is 5.77. The van der Waals surface area contributed by atoms with Gasteiger partial charge in [0, 0.05) is 126 Å². The van der Waals surface area contributed by atoms with Crippen molar-refractivity contribution in [3.8, 4) is 22.3 Å². The Balaban J connectivity index is 0.000000177. The highest BCUT2D eigenvalue weighted by Gasteiger charge is 2.28. The molecule has 2 amide bonds. The molecule has 0 aromatic carbocycles. The standard InChI is InChI=1S/C21H26N6O3.C21H28N6O2.C2H6/c1-24-14-17(12-22-24)16-2-3-19-20(13-23-27(19)15-16)25-6-8-26(9-7-25)21(28)30-18-4-10-29-11-5-18;1-21(2,3)29-20(28)26-9-5-8-25(10-11-26)19-13-23-27-15-16(6-7-18(19)27)17-12-22-24(4)14-17;1-2/h2-3,12-15,18H,4-11H2,1H3;6-7,12-15H,5,8-11H2,1-4H3;1-2H3. The van der Waals surface area contributed by atoms with Crippen LogP contribution in [-0.2, 0) is 28.3 Å². The van der Waals surface area contributed by atoms with Crippen LogP contribution in [0.4, 0.5) is 21.0 Å². The van der Waals surface area contributed by atoms with Crippen LogP contribution >= 0.6 is 0 Å². The molecule has 6 aromatic rings. The fourth-order valence-electron chi connectivity index (χ4n) is 7.72. The van der Waals surface area contributed by atoms with Crippen molar-refractivity contribution in [2.75, 3.05) is 75.4 Å². The molecule has 0 saturated carbocycles. The average Bonchev–Trinajstić information content (AvgIpc) is 4.06. The minimum Gasteiger partial charge on any atom is -0.446 e. The summed E-state index contributed by atoms with van der Waals surface area (Å²) in [6, 6.07) is 8.39. The van der Waals surface area contributed by atoms with E-state index in [-0.39, 0.29) is 18.3 Å². The number of carbonyl (C=O) groups excluding carboxylic acids is 2. The first-order valence-corrected chi connectivity index (χ1v) is 21.4. The number of piperazine rings is 1. The number of fused-ring (bicyclic) bond motifs is 2. The molecule has 9 rings (SSSR count). The topological polar surface area (TPSA) is 145 Å². The summed E-state index contributed by atoms with van der Waals surface area (Å²) in [5.74, 6) is 0. The third-order valence-electron chi connectivity index (χ3n) is 10.9. The molecule has 3 aliphatic rings. The van der Waals surface area contributed by atoms with Crippen molar-refractivity contribution in [1.29, 1.82) is 0 Å². The molecule has 326 valence electrons. The van der Waals surface area contributed by atoms with Crippen LogP contribution in [0.2, 0.25) is 0 Å². The molecule has 61 heavy (non-hydrogen) atoms. The summed E-state index contributed by atoms with van der Waals surface area (Å²) in [6.45, 7) is 16.8. The molecule has 9 heterocycles. The van der Waals surface area contributed by atoms with Crippen LogP contribution in [0.25, 0.3) is 33.3 Å². The summed E-state index contributed by atoms with van der Waals surface area (Å²) < 4.78 is 23.9. The second-order valence-corrected chi connectivity index (χ2v) is 16.3. The number of rotatable bonds is 5. The van der Waals surface area contributed by atoms with Crippen LogP contribution < -0.4 is 9.80 Å². The quantitative estimate of drug-likeness (QED) is 0.191. The van der Waals surface area contributed by atoms with E-state index >= 15 is 0 Å². The lowest BCUT2D eigenvalue weighted by Gasteiger charge is -2.36. The first kappa shape index (κ1) is 43.0. The first-order chi connectivity index (χ1) is 29.5. The van der Waals surface area contributed by atoms with Crippen molar-refractivity contribution >= 4 is 34.6 Å². The monoisotopic (exact) mass is 836 g/mol. The van der Waals surface area contributed by atoms with E-state index in [1.165, 1.54) is 0 Å². The van der Waals surface area contributed by atoms with E-state index in [0.29, 0.717) is 39.4 Å². The van der Waals surface area contributed by atoms with E-state index in [4.69, 9.17) is 14.2 Å². The maximum Gasteiger partial charge on any atom is 0.410 e. The largest absolute Gasteiger partial charge is 0.446 e. The van der Waals surface area contributed by atoms with Crippen LogP contribution in [0.5, 0.6) is 0 Å². The number of hydrogen-bond donors (Lipinski definition) is 0. The number of hydrogen-bond acceptors (Lipinski definition) is 11. The lowest BCUT2D eigenvalue weighted by atomic mass is 10.1. The summed E-state index contributed by atoms with van der Waals surface area (Å²) in [7, 11) is 3.82. The Kier molecular flexibility index (Phi) is 13.5. The predicted octanol–water partition coefficient (Wildman–Crippen LogP) is 6.38. The molecule has 0 unspecified atom stereocenters. The van der Waals surface area contributed by atoms with Gasteiger partial charge in [-0.3, -0.25) is 9.36 Å². The van der Waals surface area contributed by atoms with Gasteiger partial charge in [-0.05, 0) is 39.3 Å². The minimum atomic E-state index is -0.475. The molecule has 3 saturated heterocycles. The van der Waals surface area contributed by atoms with E-state index in [9.17, 15) is 9.59 Å². The molecule has 17 heteroatoms. The van der Waals surface area contributed by atoms with E-state index in [2.05, 4.69) is 54.5 Å². The second-order valence-electron chi connectivity index (χ2n) is 16.3. The fourth-order valence-corrected chi connectivity index (χ4v) is 7.72. The highest BCUT2D eigenvalue weighted by Crippen LogP contribution is 2.28. The lowest BCUT2D eigenvalue weighted by molar-refractivity contribution is -0.0106. The van der Waals surface area contributed by atoms with Gasteiger partial charge in [0.05, 0.1) is 60.4 Å². The number of aromatic nitrogens is 8. The molecular weight excluding hydrogens is 777 g/mol. The summed E-state index contributed by atoms with van der Waals surface area (Å²) >= 11 is 0. The van der Waals surface area contributed by atoms with Crippen molar-refractivity contribution in [2.45, 2.75) is 65.6 Å². The Morgan fingerprint density at radius 3 is 1.57 bits per heavy atom. The maximum absolute atomic E-state index is 12.5. The van der Waals surface area contributed by atoms with Crippen molar-refractivity contribution in [3.05, 3.63) is 73.8 Å². The van der Waals surface area contributed by atoms with Crippen molar-refractivity contribution < 1.29 is 23.8 Å². The van der Waals surface area contributed by atoms with Gasteiger partial charge in [0.2, 0.25) is 0 Å². The Labute approximate surface area is 357 Å². The lowest BCUT2D eigenvalue weighted by Crippen LogP contribution is -2.49. The van der Waals surface area contributed by atoms with Crippen LogP contribution in [-0.4, -0.2) is 138 Å². The molecule has 0 aliphatic carbocycles. The van der Waals surface area contributed by atoms with E-state index in [0.717, 1.165) is 90.1 Å². The fraction of sp³-hybridized carbons (Fsp3) is 0.500. The number of pyridine rings is 2. The molecule has 3 fully saturated rings. The third-order valence-corrected chi connectivity index (χ3v) is 10.9. The zero-order valence-electron chi connectivity index (χ0n) is 36.6. The minimum absolute atomic E-state index is 0.0158. The molecule has 0 radical (unpaired) electrons. The molecule has 17 nitrogen and oxygen atoms in total. The number of amides is 2. The molecular formula is C44H60N12O5. The van der Waals surface area contributed by atoms with Gasteiger partial charge in [-0.15, -0.1) is 0 Å². The van der Waals surface area contributed by atoms with Gasteiger partial charge in [0.1, 0.15) is 11.7 Å². The molecule has 0 spiro atoms. The zero-order valence-corrected chi connectivity index (χ0v) is 36.6. The number of carbonyl (C=O) groups is 2. The Bertz CT molecular complexity index is 2380. The van der Waals surface area contributed by atoms with E-state index in [1.807, 2.05) is 107 Å². The average molecular weight is 837 g/mol. The van der Waals surface area contributed by atoms with Crippen LogP contribution in [0.3, 0.4) is 0 Å². The molecule has 3 aliphatic heterocycles. The Morgan fingerprint density at radius 2 is 1.10 bits per heavy atom. The van der Waals surface area contributed by atoms with Crippen molar-refractivity contribution in [2.24, 2.45) is 14.1 Å². The SMILES string of the molecule is CC.Cn1cc(-c2ccc3c(N4CCCN(C(=O)OC(C)(C)C)CC4)cnn3c2)cn1.Cn1cc(-c2ccc3c(N4CCN(C(=O)OC5CCOCC5)CC4)cnn3c2)cn1. The van der Waals surface area contributed by atoms with E-state index in [1.54, 1.807) is 19.2 Å². The molecule has 0 bridgehead atoms. The summed E-state index contributed by atoms with van der Waals surface area (Å²) in [6.07, 6.45) is 17.6. The summed E-state index contributed by atoms with van der Waals surface area (Å²) in [4.78, 5) is 33.1. The predicted molar refractivity (Wildman–Crippen MR) is 235 cm³/mol. The van der Waals surface area contributed by atoms with Gasteiger partial charge < -0.3 is 33.8 Å². The molecule has 6 aromatic heterocycles. The summed E-state index contributed by atoms with van der Waals surface area (Å²) in [5.41, 5.74) is 8.10. The zero-order chi connectivity index (χ0) is 43.1. The van der Waals surface area contributed by atoms with Crippen molar-refractivity contribution in [3.63, 3.8) is 0 Å². The Hall–Kier alpha value is -6.10. The number of ether oxygens (including phenoxy) is 3. The van der Waals surface area contributed by atoms with Gasteiger partial charge in [0.25, 0.3) is 0 Å². The van der Waals surface area contributed by atoms with Crippen LogP contribution in [0.1, 0.15) is 53.9 Å². The second kappa shape index (κ2) is 19.1. The van der Waals surface area contributed by atoms with Gasteiger partial charge in [0.15, 0.2) is 0 Å². The number of anilines is 2. The summed E-state index contributed by atoms with van der Waals surface area (Å²) in [5, 5.41) is 17.6. The first-order valence-electron chi connectivity index (χ1n) is 21.4. The maximum atomic E-state index is 12.5. The van der Waals surface area contributed by atoms with Gasteiger partial charge in [-0.2, -0.15) is 20.4 Å². The van der Waals surface area contributed by atoms with E-state index < -0.39 is 5.60 Å². The number of nitrogens with zero attached hydrogens (tertiary/aromatic N) is 12. The number of aryl methyl sites for hydroxylation is 2. The smallest absolute Gasteiger partial charge is 0.410 e. The normalized spacial score (nSPS) is 16.4. The third kappa shape index (κ3) is 10.4. The molecule has 0 atom stereocenters. The molecule has 0 N–H and O–H groups in total. The van der Waals surface area contributed by atoms with Crippen molar-refractivity contribution in [1.82, 2.24) is 48.6 Å². The van der Waals surface area contributed by atoms with Crippen LogP contribution in [0.15, 0.2) is 73.8 Å². The van der Waals surface area contributed by atoms with Gasteiger partial charge in [-0.1, -0.05) is 26.0 Å².